The van der Waals surface area contributed by atoms with Crippen molar-refractivity contribution in [3.8, 4) is 0 Å². The van der Waals surface area contributed by atoms with E-state index in [0.717, 1.165) is 40.8 Å². The van der Waals surface area contributed by atoms with Crippen molar-refractivity contribution in [1.82, 2.24) is 0 Å². The standard InChI is InChI=1S/C19H26BrNO4S/c1-11-2-4-12(5-3-11)18(23)21(13-6-8-14(22)9-7-13)15-10-16(20)26-17(15)19(24)25/h10-14,22H,2-9H2,1H3,(H,24,25). The Kier molecular flexibility index (Phi) is 6.41. The number of halogens is 1. The highest BCUT2D eigenvalue weighted by Crippen LogP contribution is 2.40. The minimum atomic E-state index is -0.999. The van der Waals surface area contributed by atoms with Gasteiger partial charge in [-0.25, -0.2) is 4.79 Å². The zero-order chi connectivity index (χ0) is 18.8. The highest BCUT2D eigenvalue weighted by molar-refractivity contribution is 9.11. The highest BCUT2D eigenvalue weighted by Gasteiger charge is 2.37. The fraction of sp³-hybridized carbons (Fsp3) is 0.684. The lowest BCUT2D eigenvalue weighted by Crippen LogP contribution is -2.47. The van der Waals surface area contributed by atoms with Gasteiger partial charge in [0.2, 0.25) is 5.91 Å². The van der Waals surface area contributed by atoms with Gasteiger partial charge < -0.3 is 15.1 Å². The number of carboxylic acid groups (broad SMARTS) is 1. The molecule has 2 N–H and O–H groups in total. The number of carboxylic acids is 1. The van der Waals surface area contributed by atoms with Gasteiger partial charge in [0.25, 0.3) is 0 Å². The Bertz CT molecular complexity index is 660. The van der Waals surface area contributed by atoms with Gasteiger partial charge in [-0.2, -0.15) is 0 Å². The van der Waals surface area contributed by atoms with Crippen LogP contribution in [0.4, 0.5) is 5.69 Å². The minimum absolute atomic E-state index is 0.0293. The van der Waals surface area contributed by atoms with Crippen molar-refractivity contribution in [2.45, 2.75) is 70.4 Å². The molecule has 2 fully saturated rings. The topological polar surface area (TPSA) is 77.8 Å². The smallest absolute Gasteiger partial charge is 0.348 e. The van der Waals surface area contributed by atoms with Crippen molar-refractivity contribution in [3.05, 3.63) is 14.7 Å². The molecule has 26 heavy (non-hydrogen) atoms. The van der Waals surface area contributed by atoms with Crippen molar-refractivity contribution < 1.29 is 19.8 Å². The third kappa shape index (κ3) is 4.31. The first-order valence-corrected chi connectivity index (χ1v) is 11.0. The minimum Gasteiger partial charge on any atom is -0.477 e. The summed E-state index contributed by atoms with van der Waals surface area (Å²) in [6, 6.07) is 1.73. The second-order valence-corrected chi connectivity index (χ2v) is 10.1. The Labute approximate surface area is 166 Å². The molecular weight excluding hydrogens is 418 g/mol. The molecule has 0 radical (unpaired) electrons. The molecule has 0 spiro atoms. The highest BCUT2D eigenvalue weighted by atomic mass is 79.9. The van der Waals surface area contributed by atoms with Crippen LogP contribution in [-0.4, -0.2) is 34.2 Å². The first kappa shape index (κ1) is 19.8. The van der Waals surface area contributed by atoms with Gasteiger partial charge >= 0.3 is 5.97 Å². The Morgan fingerprint density at radius 1 is 1.12 bits per heavy atom. The Hall–Kier alpha value is -0.920. The summed E-state index contributed by atoms with van der Waals surface area (Å²) >= 11 is 4.54. The maximum Gasteiger partial charge on any atom is 0.348 e. The van der Waals surface area contributed by atoms with Crippen molar-refractivity contribution in [2.75, 3.05) is 4.90 Å². The lowest BCUT2D eigenvalue weighted by atomic mass is 9.81. The van der Waals surface area contributed by atoms with Crippen molar-refractivity contribution in [3.63, 3.8) is 0 Å². The van der Waals surface area contributed by atoms with E-state index in [4.69, 9.17) is 0 Å². The van der Waals surface area contributed by atoms with Crippen LogP contribution >= 0.6 is 27.3 Å². The van der Waals surface area contributed by atoms with E-state index in [0.29, 0.717) is 37.3 Å². The van der Waals surface area contributed by atoms with E-state index in [1.54, 1.807) is 11.0 Å². The Balaban J connectivity index is 1.92. The van der Waals surface area contributed by atoms with Crippen LogP contribution in [0.25, 0.3) is 0 Å². The summed E-state index contributed by atoms with van der Waals surface area (Å²) in [7, 11) is 0. The molecule has 0 bridgehead atoms. The molecule has 7 heteroatoms. The van der Waals surface area contributed by atoms with Gasteiger partial charge in [-0.15, -0.1) is 11.3 Å². The summed E-state index contributed by atoms with van der Waals surface area (Å²) in [6.07, 6.45) is 6.27. The van der Waals surface area contributed by atoms with E-state index >= 15 is 0 Å². The van der Waals surface area contributed by atoms with Crippen LogP contribution in [0.1, 0.15) is 68.0 Å². The van der Waals surface area contributed by atoms with E-state index in [-0.39, 0.29) is 28.8 Å². The lowest BCUT2D eigenvalue weighted by molar-refractivity contribution is -0.124. The number of hydrogen-bond acceptors (Lipinski definition) is 4. The molecule has 2 aliphatic rings. The summed E-state index contributed by atoms with van der Waals surface area (Å²) in [6.45, 7) is 2.22. The van der Waals surface area contributed by atoms with E-state index in [1.165, 1.54) is 0 Å². The number of carbonyl (C=O) groups excluding carboxylic acids is 1. The number of rotatable bonds is 4. The summed E-state index contributed by atoms with van der Waals surface area (Å²) < 4.78 is 0.718. The lowest BCUT2D eigenvalue weighted by Gasteiger charge is -2.38. The number of carbonyl (C=O) groups is 2. The molecule has 5 nitrogen and oxygen atoms in total. The molecule has 2 aliphatic carbocycles. The normalized spacial score (nSPS) is 29.3. The van der Waals surface area contributed by atoms with E-state index in [9.17, 15) is 19.8 Å². The van der Waals surface area contributed by atoms with Crippen LogP contribution in [0.15, 0.2) is 9.85 Å². The molecule has 144 valence electrons. The predicted octanol–water partition coefficient (Wildman–Crippen LogP) is 4.67. The summed E-state index contributed by atoms with van der Waals surface area (Å²) in [5.74, 6) is -0.312. The van der Waals surface area contributed by atoms with E-state index in [2.05, 4.69) is 22.9 Å². The molecule has 0 unspecified atom stereocenters. The van der Waals surface area contributed by atoms with Crippen LogP contribution in [0.2, 0.25) is 0 Å². The second-order valence-electron chi connectivity index (χ2n) is 7.70. The number of aliphatic hydroxyl groups excluding tert-OH is 1. The van der Waals surface area contributed by atoms with Gasteiger partial charge in [0, 0.05) is 12.0 Å². The average molecular weight is 444 g/mol. The number of hydrogen-bond donors (Lipinski definition) is 2. The second kappa shape index (κ2) is 8.40. The van der Waals surface area contributed by atoms with Gasteiger partial charge in [-0.1, -0.05) is 6.92 Å². The molecule has 1 heterocycles. The van der Waals surface area contributed by atoms with Gasteiger partial charge in [-0.05, 0) is 79.3 Å². The predicted molar refractivity (Wildman–Crippen MR) is 106 cm³/mol. The van der Waals surface area contributed by atoms with Crippen molar-refractivity contribution in [2.24, 2.45) is 11.8 Å². The SMILES string of the molecule is CC1CCC(C(=O)N(c2cc(Br)sc2C(=O)O)C2CCC(O)CC2)CC1. The fourth-order valence-corrected chi connectivity index (χ4v) is 5.62. The maximum atomic E-state index is 13.4. The number of thiophene rings is 1. The van der Waals surface area contributed by atoms with Crippen LogP contribution in [-0.2, 0) is 4.79 Å². The van der Waals surface area contributed by atoms with Gasteiger partial charge in [-0.3, -0.25) is 4.79 Å². The molecule has 0 aliphatic heterocycles. The first-order valence-electron chi connectivity index (χ1n) is 9.40. The number of anilines is 1. The largest absolute Gasteiger partial charge is 0.477 e. The molecule has 0 atom stereocenters. The monoisotopic (exact) mass is 443 g/mol. The van der Waals surface area contributed by atoms with Crippen LogP contribution < -0.4 is 4.90 Å². The molecule has 1 amide bonds. The molecule has 1 aromatic heterocycles. The fourth-order valence-electron chi connectivity index (χ4n) is 4.20. The molecule has 0 aromatic carbocycles. The van der Waals surface area contributed by atoms with Crippen LogP contribution in [0.5, 0.6) is 0 Å². The van der Waals surface area contributed by atoms with Crippen LogP contribution in [0.3, 0.4) is 0 Å². The molecule has 0 saturated heterocycles. The third-order valence-electron chi connectivity index (χ3n) is 5.77. The summed E-state index contributed by atoms with van der Waals surface area (Å²) in [5.41, 5.74) is 0.513. The van der Waals surface area contributed by atoms with Crippen LogP contribution in [0, 0.1) is 11.8 Å². The Morgan fingerprint density at radius 3 is 2.31 bits per heavy atom. The van der Waals surface area contributed by atoms with Gasteiger partial charge in [0.05, 0.1) is 15.6 Å². The van der Waals surface area contributed by atoms with Crippen molar-refractivity contribution in [1.29, 1.82) is 0 Å². The quantitative estimate of drug-likeness (QED) is 0.708. The van der Waals surface area contributed by atoms with Crippen molar-refractivity contribution >= 4 is 44.8 Å². The maximum absolute atomic E-state index is 13.4. The molecule has 1 aromatic rings. The summed E-state index contributed by atoms with van der Waals surface area (Å²) in [5, 5.41) is 19.4. The number of amides is 1. The average Bonchev–Trinajstić information content (AvgIpc) is 2.99. The third-order valence-corrected chi connectivity index (χ3v) is 7.39. The number of aliphatic hydroxyl groups is 1. The van der Waals surface area contributed by atoms with Gasteiger partial charge in [0.1, 0.15) is 4.88 Å². The van der Waals surface area contributed by atoms with Gasteiger partial charge in [0.15, 0.2) is 0 Å². The first-order chi connectivity index (χ1) is 12.4. The molecular formula is C19H26BrNO4S. The Morgan fingerprint density at radius 2 is 1.73 bits per heavy atom. The number of aromatic carboxylic acids is 1. The zero-order valence-electron chi connectivity index (χ0n) is 15.0. The van der Waals surface area contributed by atoms with E-state index in [1.807, 2.05) is 0 Å². The van der Waals surface area contributed by atoms with E-state index < -0.39 is 5.97 Å². The molecule has 2 saturated carbocycles. The molecule has 3 rings (SSSR count). The zero-order valence-corrected chi connectivity index (χ0v) is 17.4. The number of nitrogens with zero attached hydrogens (tertiary/aromatic N) is 1. The summed E-state index contributed by atoms with van der Waals surface area (Å²) in [4.78, 5) is 27.1.